The third-order valence-corrected chi connectivity index (χ3v) is 4.95. The summed E-state index contributed by atoms with van der Waals surface area (Å²) in [6.45, 7) is 0.874. The molecule has 2 heterocycles. The van der Waals surface area contributed by atoms with Crippen LogP contribution in [-0.4, -0.2) is 53.6 Å². The highest BCUT2D eigenvalue weighted by molar-refractivity contribution is 5.91. The lowest BCUT2D eigenvalue weighted by Crippen LogP contribution is -2.56. The van der Waals surface area contributed by atoms with Gasteiger partial charge in [0.05, 0.1) is 12.1 Å². The summed E-state index contributed by atoms with van der Waals surface area (Å²) in [4.78, 5) is 27.5. The van der Waals surface area contributed by atoms with Crippen LogP contribution in [0.5, 0.6) is 0 Å². The molecule has 2 fully saturated rings. The number of urea groups is 1. The molecule has 2 aliphatic heterocycles. The van der Waals surface area contributed by atoms with E-state index >= 15 is 4.39 Å². The molecule has 3 amide bonds. The maximum absolute atomic E-state index is 15.2. The Morgan fingerprint density at radius 2 is 1.70 bits per heavy atom. The zero-order chi connectivity index (χ0) is 19.7. The van der Waals surface area contributed by atoms with Gasteiger partial charge in [0, 0.05) is 25.3 Å². The van der Waals surface area contributed by atoms with Crippen LogP contribution in [0, 0.1) is 0 Å². The van der Waals surface area contributed by atoms with Crippen LogP contribution in [0.3, 0.4) is 0 Å². The number of alkyl halides is 4. The number of halogens is 4. The summed E-state index contributed by atoms with van der Waals surface area (Å²) in [6, 6.07) is 3.52. The number of piperidine rings is 1. The van der Waals surface area contributed by atoms with Crippen molar-refractivity contribution in [3.05, 3.63) is 29.8 Å². The number of hydrogen-bond donors (Lipinski definition) is 1. The Morgan fingerprint density at radius 3 is 2.37 bits per heavy atom. The molecule has 0 saturated carbocycles. The fourth-order valence-electron chi connectivity index (χ4n) is 3.54. The van der Waals surface area contributed by atoms with Crippen molar-refractivity contribution < 1.29 is 27.2 Å². The maximum atomic E-state index is 15.2. The Bertz CT molecular complexity index is 719. The van der Waals surface area contributed by atoms with Gasteiger partial charge in [-0.2, -0.15) is 13.2 Å². The molecule has 0 aliphatic carbocycles. The molecule has 0 radical (unpaired) electrons. The van der Waals surface area contributed by atoms with E-state index in [1.54, 1.807) is 0 Å². The lowest BCUT2D eigenvalue weighted by Gasteiger charge is -2.38. The summed E-state index contributed by atoms with van der Waals surface area (Å²) in [7, 11) is 0. The second-order valence-electron chi connectivity index (χ2n) is 7.00. The summed E-state index contributed by atoms with van der Waals surface area (Å²) in [5.41, 5.74) is -3.06. The molecule has 1 aromatic carbocycles. The van der Waals surface area contributed by atoms with Crippen molar-refractivity contribution in [2.45, 2.75) is 37.5 Å². The lowest BCUT2D eigenvalue weighted by atomic mass is 9.93. The van der Waals surface area contributed by atoms with E-state index in [1.807, 2.05) is 0 Å². The van der Waals surface area contributed by atoms with Crippen molar-refractivity contribution >= 4 is 17.6 Å². The first-order valence-corrected chi connectivity index (χ1v) is 8.90. The SMILES string of the molecule is O=C(Nc1cccc(C(F)(F)F)c1)N1CCCC(F)(C(=O)N2CCCC2)C1. The Hall–Kier alpha value is -2.32. The molecule has 1 atom stereocenters. The summed E-state index contributed by atoms with van der Waals surface area (Å²) in [6.07, 6.45) is -2.51. The summed E-state index contributed by atoms with van der Waals surface area (Å²) >= 11 is 0. The Labute approximate surface area is 154 Å². The molecule has 2 aliphatic rings. The van der Waals surface area contributed by atoms with Crippen molar-refractivity contribution in [3.63, 3.8) is 0 Å². The summed E-state index contributed by atoms with van der Waals surface area (Å²) in [5, 5.41) is 2.37. The second-order valence-corrected chi connectivity index (χ2v) is 7.00. The molecule has 2 saturated heterocycles. The second kappa shape index (κ2) is 7.36. The quantitative estimate of drug-likeness (QED) is 0.788. The minimum atomic E-state index is -4.53. The maximum Gasteiger partial charge on any atom is 0.416 e. The van der Waals surface area contributed by atoms with Gasteiger partial charge in [0.2, 0.25) is 5.67 Å². The zero-order valence-electron chi connectivity index (χ0n) is 14.7. The molecular weight excluding hydrogens is 366 g/mol. The van der Waals surface area contributed by atoms with E-state index in [9.17, 15) is 22.8 Å². The van der Waals surface area contributed by atoms with Crippen molar-refractivity contribution in [2.24, 2.45) is 0 Å². The molecule has 0 spiro atoms. The number of hydrogen-bond acceptors (Lipinski definition) is 2. The molecule has 1 unspecified atom stereocenters. The average Bonchev–Trinajstić information content (AvgIpc) is 3.15. The van der Waals surface area contributed by atoms with Gasteiger partial charge in [0.1, 0.15) is 0 Å². The van der Waals surface area contributed by atoms with Gasteiger partial charge in [-0.1, -0.05) is 6.07 Å². The Morgan fingerprint density at radius 1 is 1.04 bits per heavy atom. The van der Waals surface area contributed by atoms with Gasteiger partial charge in [0.15, 0.2) is 0 Å². The topological polar surface area (TPSA) is 52.7 Å². The Kier molecular flexibility index (Phi) is 5.30. The largest absolute Gasteiger partial charge is 0.416 e. The van der Waals surface area contributed by atoms with Gasteiger partial charge in [-0.15, -0.1) is 0 Å². The van der Waals surface area contributed by atoms with E-state index in [-0.39, 0.29) is 18.7 Å². The van der Waals surface area contributed by atoms with E-state index in [1.165, 1.54) is 17.0 Å². The van der Waals surface area contributed by atoms with Crippen LogP contribution in [0.1, 0.15) is 31.2 Å². The van der Waals surface area contributed by atoms with Crippen LogP contribution in [0.25, 0.3) is 0 Å². The highest BCUT2D eigenvalue weighted by atomic mass is 19.4. The predicted octanol–water partition coefficient (Wildman–Crippen LogP) is 3.66. The fraction of sp³-hybridized carbons (Fsp3) is 0.556. The standard InChI is InChI=1S/C18H21F4N3O2/c19-17(15(26)24-8-1-2-9-24)7-4-10-25(12-17)16(27)23-14-6-3-5-13(11-14)18(20,21)22/h3,5-6,11H,1-2,4,7-10,12H2,(H,23,27). The minimum absolute atomic E-state index is 0.0317. The van der Waals surface area contributed by atoms with E-state index in [2.05, 4.69) is 5.32 Å². The molecule has 9 heteroatoms. The van der Waals surface area contributed by atoms with Gasteiger partial charge in [-0.05, 0) is 43.9 Å². The van der Waals surface area contributed by atoms with E-state index in [0.29, 0.717) is 19.5 Å². The van der Waals surface area contributed by atoms with Crippen LogP contribution < -0.4 is 5.32 Å². The van der Waals surface area contributed by atoms with Gasteiger partial charge in [-0.25, -0.2) is 9.18 Å². The van der Waals surface area contributed by atoms with Gasteiger partial charge in [-0.3, -0.25) is 4.79 Å². The molecule has 0 aromatic heterocycles. The summed E-state index contributed by atoms with van der Waals surface area (Å²) in [5.74, 6) is -0.600. The molecule has 5 nitrogen and oxygen atoms in total. The van der Waals surface area contributed by atoms with E-state index in [0.717, 1.165) is 29.9 Å². The molecule has 1 aromatic rings. The highest BCUT2D eigenvalue weighted by Crippen LogP contribution is 2.32. The molecule has 0 bridgehead atoms. The third-order valence-electron chi connectivity index (χ3n) is 4.95. The predicted molar refractivity (Wildman–Crippen MR) is 90.9 cm³/mol. The first-order chi connectivity index (χ1) is 12.7. The van der Waals surface area contributed by atoms with Crippen LogP contribution in [0.2, 0.25) is 0 Å². The number of benzene rings is 1. The molecular formula is C18H21F4N3O2. The molecule has 148 valence electrons. The van der Waals surface area contributed by atoms with Crippen molar-refractivity contribution in [1.29, 1.82) is 0 Å². The van der Waals surface area contributed by atoms with E-state index in [4.69, 9.17) is 0 Å². The van der Waals surface area contributed by atoms with Gasteiger partial charge >= 0.3 is 12.2 Å². The zero-order valence-corrected chi connectivity index (χ0v) is 14.7. The monoisotopic (exact) mass is 387 g/mol. The van der Waals surface area contributed by atoms with E-state index < -0.39 is 35.9 Å². The van der Waals surface area contributed by atoms with Crippen molar-refractivity contribution in [1.82, 2.24) is 9.80 Å². The minimum Gasteiger partial charge on any atom is -0.340 e. The molecule has 3 rings (SSSR count). The number of rotatable bonds is 2. The number of likely N-dealkylation sites (tertiary alicyclic amines) is 2. The van der Waals surface area contributed by atoms with Gasteiger partial charge in [0.25, 0.3) is 5.91 Å². The smallest absolute Gasteiger partial charge is 0.340 e. The van der Waals surface area contributed by atoms with Crippen molar-refractivity contribution in [2.75, 3.05) is 31.5 Å². The number of carbonyl (C=O) groups is 2. The molecule has 27 heavy (non-hydrogen) atoms. The van der Waals surface area contributed by atoms with Crippen LogP contribution >= 0.6 is 0 Å². The normalized spacial score (nSPS) is 23.4. The molecule has 1 N–H and O–H groups in total. The number of nitrogens with zero attached hydrogens (tertiary/aromatic N) is 2. The van der Waals surface area contributed by atoms with Crippen LogP contribution in [0.15, 0.2) is 24.3 Å². The number of amides is 3. The van der Waals surface area contributed by atoms with Gasteiger partial charge < -0.3 is 15.1 Å². The van der Waals surface area contributed by atoms with Crippen LogP contribution in [-0.2, 0) is 11.0 Å². The first kappa shape index (κ1) is 19.4. The highest BCUT2D eigenvalue weighted by Gasteiger charge is 2.46. The van der Waals surface area contributed by atoms with Crippen molar-refractivity contribution in [3.8, 4) is 0 Å². The fourth-order valence-corrected chi connectivity index (χ4v) is 3.54. The third kappa shape index (κ3) is 4.33. The average molecular weight is 387 g/mol. The number of nitrogens with one attached hydrogen (secondary N) is 1. The van der Waals surface area contributed by atoms with Crippen LogP contribution in [0.4, 0.5) is 28.0 Å². The first-order valence-electron chi connectivity index (χ1n) is 8.90. The Balaban J connectivity index is 1.67. The number of carbonyl (C=O) groups excluding carboxylic acids is 2. The summed E-state index contributed by atoms with van der Waals surface area (Å²) < 4.78 is 53.6. The number of anilines is 1. The lowest BCUT2D eigenvalue weighted by molar-refractivity contribution is -0.146.